The monoisotopic (exact) mass is 801 g/mol. The standard InChI is InChI=1S/C45H41ClFN5O6/c1-43(2)41(44(3,4)42(43)58-28-9-8-26(21-48)32(46)16-28)51-22-27-15-24(7-10-29(27)38(51)55)5-6-25-19-45(20-25)13-14-50(23-45)35-18-31-30(17-33(35)47)39(56)52(40(31)57)34-11-12-36(53)49-37(34)54/h7-10,15-18,25,34,41-42H,11-14,19-20,22-23H2,1-4H3,(H,49,53,54). The molecular weight excluding hydrogens is 761 g/mol. The van der Waals surface area contributed by atoms with E-state index in [1.54, 1.807) is 18.2 Å². The van der Waals surface area contributed by atoms with Gasteiger partial charge < -0.3 is 14.5 Å². The number of carbonyl (C=O) groups is 5. The number of anilines is 1. The number of halogens is 2. The molecule has 58 heavy (non-hydrogen) atoms. The number of piperidine rings is 1. The minimum absolute atomic E-state index is 0.00494. The second-order valence-electron chi connectivity index (χ2n) is 17.9. The molecule has 2 saturated heterocycles. The molecular formula is C45H41ClFN5O6. The lowest BCUT2D eigenvalue weighted by molar-refractivity contribution is -0.199. The van der Waals surface area contributed by atoms with Crippen LogP contribution in [0, 0.1) is 51.2 Å². The molecule has 0 bridgehead atoms. The molecule has 296 valence electrons. The number of imide groups is 2. The van der Waals surface area contributed by atoms with Crippen molar-refractivity contribution in [3.8, 4) is 23.7 Å². The lowest BCUT2D eigenvalue weighted by Gasteiger charge is -2.65. The van der Waals surface area contributed by atoms with Crippen molar-refractivity contribution < 1.29 is 33.1 Å². The van der Waals surface area contributed by atoms with Crippen LogP contribution in [0.2, 0.25) is 5.02 Å². The van der Waals surface area contributed by atoms with Gasteiger partial charge in [-0.25, -0.2) is 4.39 Å². The van der Waals surface area contributed by atoms with Crippen molar-refractivity contribution in [2.75, 3.05) is 18.0 Å². The highest BCUT2D eigenvalue weighted by atomic mass is 35.5. The fourth-order valence-electron chi connectivity index (χ4n) is 11.1. The van der Waals surface area contributed by atoms with Gasteiger partial charge in [-0.2, -0.15) is 5.26 Å². The number of carbonyl (C=O) groups excluding carboxylic acids is 5. The number of benzene rings is 3. The summed E-state index contributed by atoms with van der Waals surface area (Å²) in [5.74, 6) is 4.37. The molecule has 0 radical (unpaired) electrons. The van der Waals surface area contributed by atoms with Crippen LogP contribution in [-0.4, -0.2) is 70.6 Å². The van der Waals surface area contributed by atoms with Gasteiger partial charge >= 0.3 is 0 Å². The van der Waals surface area contributed by atoms with E-state index in [-0.39, 0.29) is 69.9 Å². The number of nitrogens with one attached hydrogen (secondary N) is 1. The summed E-state index contributed by atoms with van der Waals surface area (Å²) in [6, 6.07) is 14.2. The summed E-state index contributed by atoms with van der Waals surface area (Å²) in [6.07, 6.45) is 2.38. The highest BCUT2D eigenvalue weighted by Crippen LogP contribution is 2.59. The zero-order valence-electron chi connectivity index (χ0n) is 32.6. The maximum atomic E-state index is 15.6. The summed E-state index contributed by atoms with van der Waals surface area (Å²) in [4.78, 5) is 69.2. The minimum atomic E-state index is -1.11. The molecule has 11 nitrogen and oxygen atoms in total. The van der Waals surface area contributed by atoms with E-state index in [1.807, 2.05) is 28.0 Å². The SMILES string of the molecule is CC1(C)C(Oc2ccc(C#N)c(Cl)c2)C(C)(C)C1N1Cc2cc(C#CC3CC4(CCN(c5cc6c(cc5F)C(=O)N(C5CCC(=O)NC5=O)C6=O)C4)C3)ccc2C1=O. The Morgan fingerprint density at radius 3 is 2.33 bits per heavy atom. The molecule has 1 unspecified atom stereocenters. The van der Waals surface area contributed by atoms with Gasteiger partial charge in [0.25, 0.3) is 17.7 Å². The zero-order valence-corrected chi connectivity index (χ0v) is 33.3. The maximum absolute atomic E-state index is 15.6. The highest BCUT2D eigenvalue weighted by Gasteiger charge is 2.67. The Kier molecular flexibility index (Phi) is 8.58. The Morgan fingerprint density at radius 1 is 0.914 bits per heavy atom. The molecule has 3 aromatic carbocycles. The number of nitrogens with zero attached hydrogens (tertiary/aromatic N) is 4. The average molecular weight is 802 g/mol. The van der Waals surface area contributed by atoms with Gasteiger partial charge in [0.2, 0.25) is 11.8 Å². The molecule has 0 aromatic heterocycles. The molecule has 1 N–H and O–H groups in total. The number of rotatable bonds is 5. The summed E-state index contributed by atoms with van der Waals surface area (Å²) < 4.78 is 22.0. The smallest absolute Gasteiger partial charge is 0.262 e. The second-order valence-corrected chi connectivity index (χ2v) is 18.4. The zero-order chi connectivity index (χ0) is 41.1. The van der Waals surface area contributed by atoms with Gasteiger partial charge in [-0.05, 0) is 79.1 Å². The van der Waals surface area contributed by atoms with Crippen LogP contribution >= 0.6 is 11.6 Å². The molecule has 2 saturated carbocycles. The first-order valence-electron chi connectivity index (χ1n) is 19.6. The van der Waals surface area contributed by atoms with Gasteiger partial charge in [0.1, 0.15) is 29.8 Å². The first-order chi connectivity index (χ1) is 27.5. The van der Waals surface area contributed by atoms with Crippen molar-refractivity contribution in [2.24, 2.45) is 22.2 Å². The molecule has 5 amide bonds. The minimum Gasteiger partial charge on any atom is -0.489 e. The molecule has 6 aliphatic rings. The average Bonchev–Trinajstić information content (AvgIpc) is 3.80. The van der Waals surface area contributed by atoms with Gasteiger partial charge in [-0.15, -0.1) is 0 Å². The van der Waals surface area contributed by atoms with Gasteiger partial charge in [-0.1, -0.05) is 51.1 Å². The molecule has 4 aliphatic heterocycles. The predicted molar refractivity (Wildman–Crippen MR) is 210 cm³/mol. The van der Waals surface area contributed by atoms with Crippen LogP contribution in [0.25, 0.3) is 0 Å². The van der Waals surface area contributed by atoms with Gasteiger partial charge in [0, 0.05) is 66.0 Å². The van der Waals surface area contributed by atoms with E-state index in [2.05, 4.69) is 50.9 Å². The fraction of sp³-hybridized carbons (Fsp3) is 0.422. The van der Waals surface area contributed by atoms with Crippen molar-refractivity contribution >= 4 is 46.8 Å². The van der Waals surface area contributed by atoms with Gasteiger partial charge in [0.15, 0.2) is 0 Å². The summed E-state index contributed by atoms with van der Waals surface area (Å²) in [7, 11) is 0. The third kappa shape index (κ3) is 5.79. The number of hydrogen-bond acceptors (Lipinski definition) is 8. The molecule has 13 heteroatoms. The normalized spacial score (nSPS) is 25.1. The van der Waals surface area contributed by atoms with E-state index >= 15 is 4.39 Å². The maximum Gasteiger partial charge on any atom is 0.262 e. The molecule has 2 aliphatic carbocycles. The second kappa shape index (κ2) is 13.2. The Hall–Kier alpha value is -5.72. The molecule has 9 rings (SSSR count). The third-order valence-electron chi connectivity index (χ3n) is 13.4. The Morgan fingerprint density at radius 2 is 1.64 bits per heavy atom. The molecule has 4 heterocycles. The van der Waals surface area contributed by atoms with Crippen LogP contribution < -0.4 is 15.0 Å². The number of nitriles is 1. The van der Waals surface area contributed by atoms with E-state index in [1.165, 1.54) is 6.07 Å². The lowest BCUT2D eigenvalue weighted by Crippen LogP contribution is -2.74. The predicted octanol–water partition coefficient (Wildman–Crippen LogP) is 6.25. The first kappa shape index (κ1) is 37.8. The van der Waals surface area contributed by atoms with Crippen molar-refractivity contribution in [3.05, 3.63) is 92.8 Å². The van der Waals surface area contributed by atoms with Crippen molar-refractivity contribution in [3.63, 3.8) is 0 Å². The molecule has 1 spiro atoms. The van der Waals surface area contributed by atoms with Crippen molar-refractivity contribution in [1.82, 2.24) is 15.1 Å². The molecule has 1 atom stereocenters. The first-order valence-corrected chi connectivity index (χ1v) is 20.0. The largest absolute Gasteiger partial charge is 0.489 e. The Balaban J connectivity index is 0.832. The van der Waals surface area contributed by atoms with E-state index < -0.39 is 35.5 Å². The number of hydrogen-bond donors (Lipinski definition) is 1. The van der Waals surface area contributed by atoms with E-state index in [0.29, 0.717) is 41.5 Å². The quantitative estimate of drug-likeness (QED) is 0.236. The van der Waals surface area contributed by atoms with Crippen LogP contribution in [0.3, 0.4) is 0 Å². The number of ether oxygens (including phenoxy) is 1. The van der Waals surface area contributed by atoms with E-state index in [4.69, 9.17) is 16.3 Å². The summed E-state index contributed by atoms with van der Waals surface area (Å²) in [5.41, 5.74) is 2.32. The molecule has 3 aromatic rings. The van der Waals surface area contributed by atoms with E-state index in [0.717, 1.165) is 41.4 Å². The Labute approximate surface area is 340 Å². The topological polar surface area (TPSA) is 140 Å². The Bertz CT molecular complexity index is 2480. The van der Waals surface area contributed by atoms with Crippen LogP contribution in [0.15, 0.2) is 48.5 Å². The van der Waals surface area contributed by atoms with E-state index in [9.17, 15) is 29.2 Å². The fourth-order valence-corrected chi connectivity index (χ4v) is 11.3. The highest BCUT2D eigenvalue weighted by molar-refractivity contribution is 6.31. The van der Waals surface area contributed by atoms with Crippen LogP contribution in [0.5, 0.6) is 5.75 Å². The van der Waals surface area contributed by atoms with Crippen molar-refractivity contribution in [1.29, 1.82) is 5.26 Å². The van der Waals surface area contributed by atoms with Gasteiger partial charge in [-0.3, -0.25) is 34.2 Å². The molecule has 4 fully saturated rings. The van der Waals surface area contributed by atoms with Crippen LogP contribution in [0.1, 0.15) is 108 Å². The lowest BCUT2D eigenvalue weighted by atomic mass is 9.49. The number of amides is 5. The third-order valence-corrected chi connectivity index (χ3v) is 13.7. The van der Waals surface area contributed by atoms with Gasteiger partial charge in [0.05, 0.1) is 27.4 Å². The van der Waals surface area contributed by atoms with Crippen LogP contribution in [-0.2, 0) is 16.1 Å². The number of fused-ring (bicyclic) bond motifs is 2. The summed E-state index contributed by atoms with van der Waals surface area (Å²) in [6.45, 7) is 10.1. The van der Waals surface area contributed by atoms with Crippen LogP contribution in [0.4, 0.5) is 10.1 Å². The summed E-state index contributed by atoms with van der Waals surface area (Å²) in [5, 5.41) is 11.8. The summed E-state index contributed by atoms with van der Waals surface area (Å²) >= 11 is 6.28. The van der Waals surface area contributed by atoms with Crippen molar-refractivity contribution in [2.45, 2.75) is 84.5 Å².